The van der Waals surface area contributed by atoms with E-state index in [0.717, 1.165) is 39.4 Å². The maximum Gasteiger partial charge on any atom is 0.0788 e. The Kier molecular flexibility index (Phi) is 8.76. The van der Waals surface area contributed by atoms with Crippen LogP contribution in [0.4, 0.5) is 17.1 Å². The third kappa shape index (κ3) is 5.80. The molecule has 1 aliphatic carbocycles. The van der Waals surface area contributed by atoms with E-state index in [4.69, 9.17) is 0 Å². The van der Waals surface area contributed by atoms with E-state index >= 15 is 0 Å². The molecular weight excluding hydrogens is 761 g/mol. The second-order valence-electron chi connectivity index (χ2n) is 16.4. The minimum absolute atomic E-state index is 0.555. The van der Waals surface area contributed by atoms with Crippen molar-refractivity contribution in [2.45, 2.75) is 5.41 Å². The maximum atomic E-state index is 2.53. The van der Waals surface area contributed by atoms with Crippen LogP contribution in [0.2, 0.25) is 0 Å². The van der Waals surface area contributed by atoms with Gasteiger partial charge in [-0.3, -0.25) is 0 Å². The first-order valence-electron chi connectivity index (χ1n) is 21.8. The molecule has 0 spiro atoms. The number of hydrogen-bond acceptors (Lipinski definition) is 1. The van der Waals surface area contributed by atoms with Gasteiger partial charge in [0.05, 0.1) is 22.1 Å². The van der Waals surface area contributed by atoms with Crippen LogP contribution in [0.25, 0.3) is 60.9 Å². The molecule has 0 N–H and O–H groups in total. The van der Waals surface area contributed by atoms with Crippen LogP contribution in [-0.4, -0.2) is 4.57 Å². The summed E-state index contributed by atoms with van der Waals surface area (Å²) < 4.78 is 2.47. The summed E-state index contributed by atoms with van der Waals surface area (Å²) in [5.41, 5.74) is 18.4. The van der Waals surface area contributed by atoms with Crippen molar-refractivity contribution in [3.8, 4) is 39.1 Å². The van der Waals surface area contributed by atoms with Gasteiger partial charge in [-0.1, -0.05) is 212 Å². The van der Waals surface area contributed by atoms with Crippen molar-refractivity contribution in [3.05, 3.63) is 277 Å². The SMILES string of the molecule is c1ccc(-c2ccc(N(c3ccc4c(c3)C(c3ccccc3)(c3ccccc3)c3ccccc3-4)c3c(-c4ccccc4)ccc4c5ccccc5n(-c5ccccc5)c34)cc2)cc1. The summed E-state index contributed by atoms with van der Waals surface area (Å²) in [4.78, 5) is 2.53. The number of hydrogen-bond donors (Lipinski definition) is 0. The zero-order valence-corrected chi connectivity index (χ0v) is 34.6. The van der Waals surface area contributed by atoms with Crippen molar-refractivity contribution >= 4 is 38.9 Å². The Hall–Kier alpha value is -8.20. The summed E-state index contributed by atoms with van der Waals surface area (Å²) in [6, 6.07) is 93.4. The van der Waals surface area contributed by atoms with Crippen LogP contribution in [0.5, 0.6) is 0 Å². The first kappa shape index (κ1) is 36.6. The summed E-state index contributed by atoms with van der Waals surface area (Å²) in [5.74, 6) is 0. The van der Waals surface area contributed by atoms with Crippen molar-refractivity contribution in [2.24, 2.45) is 0 Å². The zero-order chi connectivity index (χ0) is 41.7. The van der Waals surface area contributed by atoms with Gasteiger partial charge in [0, 0.05) is 33.4 Å². The van der Waals surface area contributed by atoms with Crippen LogP contribution in [0, 0.1) is 0 Å². The molecule has 1 aromatic heterocycles. The molecule has 11 aromatic rings. The third-order valence-corrected chi connectivity index (χ3v) is 13.1. The molecule has 0 radical (unpaired) electrons. The van der Waals surface area contributed by atoms with Gasteiger partial charge in [0.15, 0.2) is 0 Å². The average Bonchev–Trinajstić information content (AvgIpc) is 3.86. The molecule has 1 heterocycles. The second kappa shape index (κ2) is 15.1. The number of para-hydroxylation sites is 2. The van der Waals surface area contributed by atoms with E-state index in [-0.39, 0.29) is 0 Å². The summed E-state index contributed by atoms with van der Waals surface area (Å²) >= 11 is 0. The second-order valence-corrected chi connectivity index (χ2v) is 16.4. The fraction of sp³-hybridized carbons (Fsp3) is 0.0164. The Bertz CT molecular complexity index is 3370. The molecule has 63 heavy (non-hydrogen) atoms. The standard InChI is InChI=1S/C61H42N2/c1-6-20-43(21-7-1)44-34-36-49(37-35-44)62(50-38-39-53-52-30-16-18-32-56(52)61(57(53)42-50,46-24-10-3-11-25-46)47-26-12-4-13-27-47)59-51(45-22-8-2-9-23-45)40-41-55-54-31-17-19-33-58(54)63(60(55)59)48-28-14-5-15-29-48/h1-42H. The Morgan fingerprint density at radius 2 is 0.841 bits per heavy atom. The van der Waals surface area contributed by atoms with E-state index in [1.54, 1.807) is 0 Å². The van der Waals surface area contributed by atoms with Crippen molar-refractivity contribution in [2.75, 3.05) is 4.90 Å². The van der Waals surface area contributed by atoms with E-state index in [0.29, 0.717) is 0 Å². The Labute approximate surface area is 368 Å². The first-order chi connectivity index (χ1) is 31.3. The van der Waals surface area contributed by atoms with E-state index in [9.17, 15) is 0 Å². The predicted octanol–water partition coefficient (Wildman–Crippen LogP) is 16.0. The Morgan fingerprint density at radius 1 is 0.333 bits per heavy atom. The maximum absolute atomic E-state index is 2.53. The number of fused-ring (bicyclic) bond motifs is 6. The van der Waals surface area contributed by atoms with Crippen LogP contribution in [0.1, 0.15) is 22.3 Å². The van der Waals surface area contributed by atoms with Gasteiger partial charge < -0.3 is 9.47 Å². The molecular formula is C61H42N2. The molecule has 0 saturated heterocycles. The summed E-state index contributed by atoms with van der Waals surface area (Å²) in [6.07, 6.45) is 0. The number of aromatic nitrogens is 1. The lowest BCUT2D eigenvalue weighted by Crippen LogP contribution is -2.28. The van der Waals surface area contributed by atoms with E-state index < -0.39 is 5.41 Å². The fourth-order valence-corrected chi connectivity index (χ4v) is 10.4. The normalized spacial score (nSPS) is 12.6. The highest BCUT2D eigenvalue weighted by molar-refractivity contribution is 6.17. The van der Waals surface area contributed by atoms with Crippen LogP contribution >= 0.6 is 0 Å². The molecule has 2 heteroatoms. The minimum atomic E-state index is -0.555. The minimum Gasteiger partial charge on any atom is -0.308 e. The molecule has 0 aliphatic heterocycles. The lowest BCUT2D eigenvalue weighted by atomic mass is 9.67. The monoisotopic (exact) mass is 802 g/mol. The zero-order valence-electron chi connectivity index (χ0n) is 34.6. The smallest absolute Gasteiger partial charge is 0.0788 e. The van der Waals surface area contributed by atoms with Crippen molar-refractivity contribution < 1.29 is 0 Å². The van der Waals surface area contributed by atoms with Crippen LogP contribution in [0.3, 0.4) is 0 Å². The van der Waals surface area contributed by atoms with Crippen LogP contribution in [0.15, 0.2) is 255 Å². The lowest BCUT2D eigenvalue weighted by Gasteiger charge is -2.35. The highest BCUT2D eigenvalue weighted by Gasteiger charge is 2.46. The number of rotatable bonds is 8. The van der Waals surface area contributed by atoms with Gasteiger partial charge in [-0.25, -0.2) is 0 Å². The molecule has 0 unspecified atom stereocenters. The topological polar surface area (TPSA) is 8.17 Å². The van der Waals surface area contributed by atoms with E-state index in [1.807, 2.05) is 0 Å². The summed E-state index contributed by atoms with van der Waals surface area (Å²) in [6.45, 7) is 0. The van der Waals surface area contributed by atoms with E-state index in [1.165, 1.54) is 60.8 Å². The number of anilines is 3. The molecule has 10 aromatic carbocycles. The third-order valence-electron chi connectivity index (χ3n) is 13.1. The molecule has 296 valence electrons. The molecule has 0 fully saturated rings. The van der Waals surface area contributed by atoms with Crippen molar-refractivity contribution in [1.82, 2.24) is 4.57 Å². The number of nitrogens with zero attached hydrogens (tertiary/aromatic N) is 2. The molecule has 0 amide bonds. The Balaban J connectivity index is 1.22. The Morgan fingerprint density at radius 3 is 1.52 bits per heavy atom. The molecule has 12 rings (SSSR count). The van der Waals surface area contributed by atoms with Crippen LogP contribution in [-0.2, 0) is 5.41 Å². The molecule has 0 bridgehead atoms. The van der Waals surface area contributed by atoms with Crippen molar-refractivity contribution in [1.29, 1.82) is 0 Å². The summed E-state index contributed by atoms with van der Waals surface area (Å²) in [7, 11) is 0. The van der Waals surface area contributed by atoms with Gasteiger partial charge in [0.2, 0.25) is 0 Å². The molecule has 1 aliphatic rings. The number of benzene rings is 10. The summed E-state index contributed by atoms with van der Waals surface area (Å²) in [5, 5.41) is 2.42. The van der Waals surface area contributed by atoms with Crippen molar-refractivity contribution in [3.63, 3.8) is 0 Å². The van der Waals surface area contributed by atoms with Gasteiger partial charge in [0.25, 0.3) is 0 Å². The van der Waals surface area contributed by atoms with Crippen LogP contribution < -0.4 is 4.90 Å². The molecule has 0 atom stereocenters. The highest BCUT2D eigenvalue weighted by atomic mass is 15.2. The van der Waals surface area contributed by atoms with E-state index in [2.05, 4.69) is 264 Å². The predicted molar refractivity (Wildman–Crippen MR) is 264 cm³/mol. The molecule has 0 saturated carbocycles. The van der Waals surface area contributed by atoms with Gasteiger partial charge in [-0.05, 0) is 92.5 Å². The fourth-order valence-electron chi connectivity index (χ4n) is 10.4. The lowest BCUT2D eigenvalue weighted by molar-refractivity contribution is 0.768. The quantitative estimate of drug-likeness (QED) is 0.149. The first-order valence-corrected chi connectivity index (χ1v) is 21.8. The highest BCUT2D eigenvalue weighted by Crippen LogP contribution is 2.58. The largest absolute Gasteiger partial charge is 0.308 e. The van der Waals surface area contributed by atoms with Gasteiger partial charge in [-0.15, -0.1) is 0 Å². The average molecular weight is 803 g/mol. The van der Waals surface area contributed by atoms with Gasteiger partial charge in [0.1, 0.15) is 0 Å². The molecule has 2 nitrogen and oxygen atoms in total. The van der Waals surface area contributed by atoms with Gasteiger partial charge >= 0.3 is 0 Å². The van der Waals surface area contributed by atoms with Gasteiger partial charge in [-0.2, -0.15) is 0 Å².